The largest absolute Gasteiger partial charge is 0.496 e. The van der Waals surface area contributed by atoms with Crippen molar-refractivity contribution in [3.05, 3.63) is 23.8 Å². The second kappa shape index (κ2) is 7.63. The Balaban J connectivity index is 1.99. The minimum absolute atomic E-state index is 0.138. The molecule has 1 heterocycles. The van der Waals surface area contributed by atoms with E-state index in [4.69, 9.17) is 18.9 Å². The number of esters is 1. The third kappa shape index (κ3) is 5.01. The van der Waals surface area contributed by atoms with Gasteiger partial charge in [-0.25, -0.2) is 9.59 Å². The summed E-state index contributed by atoms with van der Waals surface area (Å²) in [6.07, 6.45) is 0.235. The molecule has 1 saturated heterocycles. The molecule has 1 aliphatic heterocycles. The Hall–Kier alpha value is -2.44. The van der Waals surface area contributed by atoms with E-state index in [0.29, 0.717) is 36.6 Å². The molecule has 1 amide bonds. The Labute approximate surface area is 147 Å². The van der Waals surface area contributed by atoms with Gasteiger partial charge in [0.2, 0.25) is 0 Å². The molecule has 1 atom stereocenters. The summed E-state index contributed by atoms with van der Waals surface area (Å²) in [5.74, 6) is 0.479. The average molecular weight is 351 g/mol. The minimum atomic E-state index is -0.521. The molecule has 1 aromatic rings. The van der Waals surface area contributed by atoms with Crippen molar-refractivity contribution in [2.75, 3.05) is 27.3 Å². The molecule has 0 saturated carbocycles. The lowest BCUT2D eigenvalue weighted by atomic mass is 10.2. The first-order chi connectivity index (χ1) is 11.7. The zero-order valence-electron chi connectivity index (χ0n) is 15.3. The van der Waals surface area contributed by atoms with E-state index in [2.05, 4.69) is 0 Å². The fourth-order valence-electron chi connectivity index (χ4n) is 2.53. The van der Waals surface area contributed by atoms with Crippen LogP contribution in [0.15, 0.2) is 18.2 Å². The van der Waals surface area contributed by atoms with E-state index >= 15 is 0 Å². The van der Waals surface area contributed by atoms with Crippen molar-refractivity contribution >= 4 is 12.1 Å². The van der Waals surface area contributed by atoms with Gasteiger partial charge in [0.15, 0.2) is 0 Å². The standard InChI is InChI=1S/C18H25NO6/c1-18(2,3)25-17(21)19-9-8-13(11-19)24-12-6-7-14(16(20)23-5)15(10-12)22-4/h6-7,10,13H,8-9,11H2,1-5H3. The summed E-state index contributed by atoms with van der Waals surface area (Å²) >= 11 is 0. The van der Waals surface area contributed by atoms with Crippen LogP contribution in [0.25, 0.3) is 0 Å². The van der Waals surface area contributed by atoms with Crippen LogP contribution >= 0.6 is 0 Å². The van der Waals surface area contributed by atoms with Gasteiger partial charge in [0, 0.05) is 19.0 Å². The molecule has 0 aliphatic carbocycles. The van der Waals surface area contributed by atoms with Gasteiger partial charge < -0.3 is 23.8 Å². The zero-order chi connectivity index (χ0) is 18.6. The SMILES string of the molecule is COC(=O)c1ccc(OC2CCN(C(=O)OC(C)(C)C)C2)cc1OC. The number of amides is 1. The predicted molar refractivity (Wildman–Crippen MR) is 91.2 cm³/mol. The molecule has 1 unspecified atom stereocenters. The normalized spacial score (nSPS) is 17.2. The first-order valence-electron chi connectivity index (χ1n) is 8.14. The van der Waals surface area contributed by atoms with Crippen LogP contribution in [0, 0.1) is 0 Å². The quantitative estimate of drug-likeness (QED) is 0.777. The lowest BCUT2D eigenvalue weighted by molar-refractivity contribution is 0.0275. The Morgan fingerprint density at radius 1 is 1.20 bits per heavy atom. The Morgan fingerprint density at radius 2 is 1.92 bits per heavy atom. The summed E-state index contributed by atoms with van der Waals surface area (Å²) < 4.78 is 21.2. The lowest BCUT2D eigenvalue weighted by Crippen LogP contribution is -2.36. The molecular formula is C18H25NO6. The third-order valence-corrected chi connectivity index (χ3v) is 3.68. The van der Waals surface area contributed by atoms with Gasteiger partial charge in [-0.05, 0) is 32.9 Å². The maximum Gasteiger partial charge on any atom is 0.410 e. The topological polar surface area (TPSA) is 74.3 Å². The van der Waals surface area contributed by atoms with Crippen LogP contribution in [0.5, 0.6) is 11.5 Å². The van der Waals surface area contributed by atoms with Gasteiger partial charge in [-0.2, -0.15) is 0 Å². The van der Waals surface area contributed by atoms with E-state index in [-0.39, 0.29) is 12.2 Å². The van der Waals surface area contributed by atoms with E-state index < -0.39 is 11.6 Å². The maximum atomic E-state index is 12.1. The second-order valence-corrected chi connectivity index (χ2v) is 6.81. The molecule has 1 aliphatic rings. The van der Waals surface area contributed by atoms with Crippen LogP contribution in [0.2, 0.25) is 0 Å². The summed E-state index contributed by atoms with van der Waals surface area (Å²) in [7, 11) is 2.79. The van der Waals surface area contributed by atoms with Gasteiger partial charge in [0.25, 0.3) is 0 Å². The van der Waals surface area contributed by atoms with Crippen molar-refractivity contribution in [2.24, 2.45) is 0 Å². The molecule has 1 fully saturated rings. The molecule has 0 bridgehead atoms. The molecule has 0 N–H and O–H groups in total. The molecule has 0 spiro atoms. The number of carbonyl (C=O) groups excluding carboxylic acids is 2. The smallest absolute Gasteiger partial charge is 0.410 e. The monoisotopic (exact) mass is 351 g/mol. The molecule has 7 heteroatoms. The van der Waals surface area contributed by atoms with Gasteiger partial charge in [0.05, 0.1) is 20.8 Å². The van der Waals surface area contributed by atoms with Gasteiger partial charge >= 0.3 is 12.1 Å². The summed E-state index contributed by atoms with van der Waals surface area (Å²) in [5, 5.41) is 0. The summed E-state index contributed by atoms with van der Waals surface area (Å²) in [4.78, 5) is 25.4. The van der Waals surface area contributed by atoms with E-state index in [0.717, 1.165) is 0 Å². The number of hydrogen-bond donors (Lipinski definition) is 0. The molecule has 1 aromatic carbocycles. The van der Waals surface area contributed by atoms with Crippen molar-refractivity contribution in [2.45, 2.75) is 38.9 Å². The van der Waals surface area contributed by atoms with Crippen LogP contribution in [-0.4, -0.2) is 56.0 Å². The van der Waals surface area contributed by atoms with E-state index in [1.165, 1.54) is 14.2 Å². The highest BCUT2D eigenvalue weighted by Gasteiger charge is 2.31. The fraction of sp³-hybridized carbons (Fsp3) is 0.556. The highest BCUT2D eigenvalue weighted by molar-refractivity contribution is 5.92. The summed E-state index contributed by atoms with van der Waals surface area (Å²) in [5.41, 5.74) is -0.188. The number of hydrogen-bond acceptors (Lipinski definition) is 6. The van der Waals surface area contributed by atoms with Crippen molar-refractivity contribution < 1.29 is 28.5 Å². The molecule has 7 nitrogen and oxygen atoms in total. The van der Waals surface area contributed by atoms with E-state index in [1.807, 2.05) is 20.8 Å². The number of benzene rings is 1. The zero-order valence-corrected chi connectivity index (χ0v) is 15.3. The van der Waals surface area contributed by atoms with Gasteiger partial charge in [-0.3, -0.25) is 0 Å². The van der Waals surface area contributed by atoms with E-state index in [1.54, 1.807) is 23.1 Å². The van der Waals surface area contributed by atoms with Crippen LogP contribution in [-0.2, 0) is 9.47 Å². The molecule has 25 heavy (non-hydrogen) atoms. The van der Waals surface area contributed by atoms with Crippen molar-refractivity contribution in [3.63, 3.8) is 0 Å². The van der Waals surface area contributed by atoms with Crippen molar-refractivity contribution in [1.29, 1.82) is 0 Å². The van der Waals surface area contributed by atoms with Gasteiger partial charge in [0.1, 0.15) is 28.8 Å². The summed E-state index contributed by atoms with van der Waals surface area (Å²) in [6, 6.07) is 4.92. The lowest BCUT2D eigenvalue weighted by Gasteiger charge is -2.24. The molecule has 0 radical (unpaired) electrons. The Morgan fingerprint density at radius 3 is 2.52 bits per heavy atom. The van der Waals surface area contributed by atoms with Crippen LogP contribution in [0.1, 0.15) is 37.6 Å². The highest BCUT2D eigenvalue weighted by atomic mass is 16.6. The van der Waals surface area contributed by atoms with Crippen molar-refractivity contribution in [1.82, 2.24) is 4.90 Å². The number of rotatable bonds is 4. The predicted octanol–water partition coefficient (Wildman–Crippen LogP) is 2.87. The third-order valence-electron chi connectivity index (χ3n) is 3.68. The average Bonchev–Trinajstić information content (AvgIpc) is 3.01. The summed E-state index contributed by atoms with van der Waals surface area (Å²) in [6.45, 7) is 6.55. The molecular weight excluding hydrogens is 326 g/mol. The van der Waals surface area contributed by atoms with Crippen molar-refractivity contribution in [3.8, 4) is 11.5 Å². The number of likely N-dealkylation sites (tertiary alicyclic amines) is 1. The number of methoxy groups -OCH3 is 2. The highest BCUT2D eigenvalue weighted by Crippen LogP contribution is 2.27. The Kier molecular flexibility index (Phi) is 5.77. The second-order valence-electron chi connectivity index (χ2n) is 6.81. The van der Waals surface area contributed by atoms with Crippen LogP contribution in [0.4, 0.5) is 4.79 Å². The minimum Gasteiger partial charge on any atom is -0.496 e. The maximum absolute atomic E-state index is 12.1. The molecule has 138 valence electrons. The Bertz CT molecular complexity index is 637. The van der Waals surface area contributed by atoms with E-state index in [9.17, 15) is 9.59 Å². The number of ether oxygens (including phenoxy) is 4. The van der Waals surface area contributed by atoms with Crippen LogP contribution in [0.3, 0.4) is 0 Å². The van der Waals surface area contributed by atoms with Gasteiger partial charge in [-0.1, -0.05) is 0 Å². The fourth-order valence-corrected chi connectivity index (χ4v) is 2.53. The number of nitrogens with zero attached hydrogens (tertiary/aromatic N) is 1. The molecule has 0 aromatic heterocycles. The van der Waals surface area contributed by atoms with Crippen LogP contribution < -0.4 is 9.47 Å². The van der Waals surface area contributed by atoms with Gasteiger partial charge in [-0.15, -0.1) is 0 Å². The first kappa shape index (κ1) is 18.9. The molecule has 2 rings (SSSR count). The first-order valence-corrected chi connectivity index (χ1v) is 8.14. The number of carbonyl (C=O) groups is 2.